The average molecular weight is 387 g/mol. The summed E-state index contributed by atoms with van der Waals surface area (Å²) in [6.07, 6.45) is 0. The third-order valence-electron chi connectivity index (χ3n) is 4.70. The number of thiophene rings is 1. The molecule has 1 unspecified atom stereocenters. The molecule has 0 aliphatic carbocycles. The van der Waals surface area contributed by atoms with Gasteiger partial charge in [0.1, 0.15) is 0 Å². The van der Waals surface area contributed by atoms with Crippen LogP contribution in [0.2, 0.25) is 0 Å². The second-order valence-corrected chi connectivity index (χ2v) is 7.70. The summed E-state index contributed by atoms with van der Waals surface area (Å²) in [4.78, 5) is 8.63. The molecule has 6 heteroatoms. The van der Waals surface area contributed by atoms with Crippen molar-refractivity contribution in [1.29, 1.82) is 0 Å². The largest absolute Gasteiger partial charge is 0.378 e. The smallest absolute Gasteiger partial charge is 0.191 e. The van der Waals surface area contributed by atoms with E-state index in [1.807, 2.05) is 11.3 Å². The molecule has 27 heavy (non-hydrogen) atoms. The summed E-state index contributed by atoms with van der Waals surface area (Å²) in [5.74, 6) is 1.34. The van der Waals surface area contributed by atoms with E-state index in [2.05, 4.69) is 71.2 Å². The molecule has 1 aliphatic heterocycles. The maximum absolute atomic E-state index is 5.49. The fraction of sp³-hybridized carbons (Fsp3) is 0.476. The molecule has 1 atom stereocenters. The standard InChI is InChI=1S/C21H30N4OS/c1-3-22-21(23-15-17(2)20-9-6-14-27-20)24-16-18-7-4-5-8-19(18)25-10-12-26-13-11-25/h4-9,14,17H,3,10-13,15-16H2,1-2H3,(H2,22,23,24). The second kappa shape index (κ2) is 10.3. The molecule has 1 aromatic carbocycles. The molecule has 0 bridgehead atoms. The van der Waals surface area contributed by atoms with Crippen LogP contribution in [0, 0.1) is 0 Å². The molecular formula is C21H30N4OS. The molecule has 0 saturated carbocycles. The maximum atomic E-state index is 5.49. The molecule has 1 saturated heterocycles. The Labute approximate surface area is 166 Å². The number of nitrogens with one attached hydrogen (secondary N) is 2. The van der Waals surface area contributed by atoms with Gasteiger partial charge in [0.15, 0.2) is 5.96 Å². The lowest BCUT2D eigenvalue weighted by molar-refractivity contribution is 0.122. The van der Waals surface area contributed by atoms with Crippen LogP contribution in [0.3, 0.4) is 0 Å². The van der Waals surface area contributed by atoms with Crippen LogP contribution < -0.4 is 15.5 Å². The van der Waals surface area contributed by atoms with Crippen LogP contribution in [0.5, 0.6) is 0 Å². The molecule has 0 radical (unpaired) electrons. The van der Waals surface area contributed by atoms with Crippen LogP contribution in [0.15, 0.2) is 46.8 Å². The molecule has 3 rings (SSSR count). The maximum Gasteiger partial charge on any atom is 0.191 e. The lowest BCUT2D eigenvalue weighted by Crippen LogP contribution is -2.39. The van der Waals surface area contributed by atoms with Gasteiger partial charge in [-0.1, -0.05) is 31.2 Å². The Bertz CT molecular complexity index is 711. The van der Waals surface area contributed by atoms with E-state index < -0.39 is 0 Å². The number of aliphatic imine (C=N–C) groups is 1. The Kier molecular flexibility index (Phi) is 7.54. The number of hydrogen-bond acceptors (Lipinski definition) is 4. The molecule has 1 aliphatic rings. The van der Waals surface area contributed by atoms with Crippen LogP contribution in [0.1, 0.15) is 30.2 Å². The van der Waals surface area contributed by atoms with Gasteiger partial charge in [0, 0.05) is 42.7 Å². The van der Waals surface area contributed by atoms with E-state index in [0.29, 0.717) is 12.5 Å². The van der Waals surface area contributed by atoms with Crippen molar-refractivity contribution in [2.45, 2.75) is 26.3 Å². The van der Waals surface area contributed by atoms with Crippen LogP contribution >= 0.6 is 11.3 Å². The monoisotopic (exact) mass is 386 g/mol. The first-order valence-electron chi connectivity index (χ1n) is 9.74. The number of hydrogen-bond donors (Lipinski definition) is 2. The van der Waals surface area contributed by atoms with Gasteiger partial charge in [-0.05, 0) is 30.0 Å². The lowest BCUT2D eigenvalue weighted by atomic mass is 10.1. The van der Waals surface area contributed by atoms with Crippen molar-refractivity contribution in [3.05, 3.63) is 52.2 Å². The average Bonchev–Trinajstić information content (AvgIpc) is 3.26. The van der Waals surface area contributed by atoms with E-state index in [1.165, 1.54) is 16.1 Å². The molecule has 0 spiro atoms. The Morgan fingerprint density at radius 1 is 1.19 bits per heavy atom. The van der Waals surface area contributed by atoms with E-state index in [4.69, 9.17) is 9.73 Å². The lowest BCUT2D eigenvalue weighted by Gasteiger charge is -2.30. The number of rotatable bonds is 7. The minimum Gasteiger partial charge on any atom is -0.378 e. The summed E-state index contributed by atoms with van der Waals surface area (Å²) in [5, 5.41) is 8.98. The predicted octanol–water partition coefficient (Wildman–Crippen LogP) is 3.44. The van der Waals surface area contributed by atoms with E-state index in [0.717, 1.165) is 45.4 Å². The molecule has 146 valence electrons. The van der Waals surface area contributed by atoms with Crippen molar-refractivity contribution in [2.24, 2.45) is 4.99 Å². The highest BCUT2D eigenvalue weighted by Gasteiger charge is 2.14. The summed E-state index contributed by atoms with van der Waals surface area (Å²) in [5.41, 5.74) is 2.52. The number of ether oxygens (including phenoxy) is 1. The molecular weight excluding hydrogens is 356 g/mol. The van der Waals surface area contributed by atoms with Crippen LogP contribution in [-0.2, 0) is 11.3 Å². The molecule has 1 aromatic heterocycles. The van der Waals surface area contributed by atoms with Crippen molar-refractivity contribution in [3.63, 3.8) is 0 Å². The molecule has 5 nitrogen and oxygen atoms in total. The summed E-state index contributed by atoms with van der Waals surface area (Å²) < 4.78 is 5.49. The van der Waals surface area contributed by atoms with Gasteiger partial charge in [-0.3, -0.25) is 0 Å². The van der Waals surface area contributed by atoms with Gasteiger partial charge in [0.25, 0.3) is 0 Å². The number of para-hydroxylation sites is 1. The van der Waals surface area contributed by atoms with Crippen molar-refractivity contribution in [1.82, 2.24) is 10.6 Å². The fourth-order valence-electron chi connectivity index (χ4n) is 3.19. The minimum absolute atomic E-state index is 0.467. The minimum atomic E-state index is 0.467. The first kappa shape index (κ1) is 19.7. The number of morpholine rings is 1. The van der Waals surface area contributed by atoms with Gasteiger partial charge in [-0.2, -0.15) is 0 Å². The number of anilines is 1. The summed E-state index contributed by atoms with van der Waals surface area (Å²) >= 11 is 1.81. The highest BCUT2D eigenvalue weighted by Crippen LogP contribution is 2.22. The van der Waals surface area contributed by atoms with E-state index in [-0.39, 0.29) is 0 Å². The number of guanidine groups is 1. The van der Waals surface area contributed by atoms with Crippen molar-refractivity contribution in [2.75, 3.05) is 44.3 Å². The van der Waals surface area contributed by atoms with Crippen molar-refractivity contribution in [3.8, 4) is 0 Å². The van der Waals surface area contributed by atoms with Gasteiger partial charge >= 0.3 is 0 Å². The van der Waals surface area contributed by atoms with E-state index >= 15 is 0 Å². The third kappa shape index (κ3) is 5.71. The van der Waals surface area contributed by atoms with Crippen LogP contribution in [0.25, 0.3) is 0 Å². The molecule has 2 heterocycles. The Balaban J connectivity index is 1.64. The zero-order valence-electron chi connectivity index (χ0n) is 16.3. The van der Waals surface area contributed by atoms with Crippen molar-refractivity contribution >= 4 is 23.0 Å². The summed E-state index contributed by atoms with van der Waals surface area (Å²) in [6, 6.07) is 12.9. The van der Waals surface area contributed by atoms with Gasteiger partial charge in [0.2, 0.25) is 0 Å². The first-order valence-corrected chi connectivity index (χ1v) is 10.6. The van der Waals surface area contributed by atoms with E-state index in [1.54, 1.807) is 0 Å². The van der Waals surface area contributed by atoms with Crippen LogP contribution in [-0.4, -0.2) is 45.4 Å². The van der Waals surface area contributed by atoms with Crippen molar-refractivity contribution < 1.29 is 4.74 Å². The summed E-state index contributed by atoms with van der Waals surface area (Å²) in [6.45, 7) is 10.2. The quantitative estimate of drug-likeness (QED) is 0.565. The number of nitrogens with zero attached hydrogens (tertiary/aromatic N) is 2. The zero-order valence-corrected chi connectivity index (χ0v) is 17.1. The SMILES string of the molecule is CCNC(=NCc1ccccc1N1CCOCC1)NCC(C)c1cccs1. The summed E-state index contributed by atoms with van der Waals surface area (Å²) in [7, 11) is 0. The Hall–Kier alpha value is -2.05. The fourth-order valence-corrected chi connectivity index (χ4v) is 3.97. The van der Waals surface area contributed by atoms with Gasteiger partial charge in [0.05, 0.1) is 19.8 Å². The molecule has 0 amide bonds. The Morgan fingerprint density at radius 2 is 2.00 bits per heavy atom. The van der Waals surface area contributed by atoms with Crippen LogP contribution in [0.4, 0.5) is 5.69 Å². The normalized spacial score (nSPS) is 16.2. The Morgan fingerprint density at radius 3 is 2.74 bits per heavy atom. The molecule has 1 fully saturated rings. The third-order valence-corrected chi connectivity index (χ3v) is 5.80. The topological polar surface area (TPSA) is 48.9 Å². The second-order valence-electron chi connectivity index (χ2n) is 6.72. The highest BCUT2D eigenvalue weighted by molar-refractivity contribution is 7.10. The molecule has 2 aromatic rings. The first-order chi connectivity index (χ1) is 13.3. The highest BCUT2D eigenvalue weighted by atomic mass is 32.1. The van der Waals surface area contributed by atoms with E-state index in [9.17, 15) is 0 Å². The van der Waals surface area contributed by atoms with Gasteiger partial charge in [-0.15, -0.1) is 11.3 Å². The molecule has 2 N–H and O–H groups in total. The zero-order chi connectivity index (χ0) is 18.9. The number of benzene rings is 1. The predicted molar refractivity (Wildman–Crippen MR) is 115 cm³/mol. The van der Waals surface area contributed by atoms with Gasteiger partial charge < -0.3 is 20.3 Å². The van der Waals surface area contributed by atoms with Gasteiger partial charge in [-0.25, -0.2) is 4.99 Å².